The maximum atomic E-state index is 6.63. The summed E-state index contributed by atoms with van der Waals surface area (Å²) in [4.78, 5) is 0. The van der Waals surface area contributed by atoms with Crippen LogP contribution in [0.3, 0.4) is 0 Å². The van der Waals surface area contributed by atoms with Crippen LogP contribution in [0, 0.1) is 5.41 Å². The third-order valence-corrected chi connectivity index (χ3v) is 4.39. The molecule has 1 aromatic rings. The summed E-state index contributed by atoms with van der Waals surface area (Å²) >= 11 is 0. The van der Waals surface area contributed by atoms with Gasteiger partial charge in [0.1, 0.15) is 0 Å². The summed E-state index contributed by atoms with van der Waals surface area (Å²) in [6.45, 7) is 7.79. The average molecular weight is 249 g/mol. The fourth-order valence-corrected chi connectivity index (χ4v) is 3.01. The molecular weight excluding hydrogens is 222 g/mol. The Bertz CT molecular complexity index is 394. The van der Waals surface area contributed by atoms with Gasteiger partial charge in [0.05, 0.1) is 6.20 Å². The third kappa shape index (κ3) is 3.35. The maximum Gasteiger partial charge on any atom is 0.0522 e. The normalized spacial score (nSPS) is 28.0. The van der Waals surface area contributed by atoms with E-state index in [1.165, 1.54) is 24.8 Å². The van der Waals surface area contributed by atoms with Crippen molar-refractivity contribution >= 4 is 0 Å². The maximum absolute atomic E-state index is 6.63. The molecule has 0 aromatic carbocycles. The Morgan fingerprint density at radius 2 is 2.06 bits per heavy atom. The molecule has 1 fully saturated rings. The molecule has 1 unspecified atom stereocenters. The minimum absolute atomic E-state index is 0.0185. The van der Waals surface area contributed by atoms with Gasteiger partial charge < -0.3 is 5.73 Å². The Morgan fingerprint density at radius 3 is 2.72 bits per heavy atom. The van der Waals surface area contributed by atoms with Crippen LogP contribution in [-0.2, 0) is 13.0 Å². The molecule has 0 saturated heterocycles. The first-order chi connectivity index (χ1) is 8.42. The van der Waals surface area contributed by atoms with Gasteiger partial charge in [-0.15, -0.1) is 0 Å². The molecule has 1 heterocycles. The van der Waals surface area contributed by atoms with Crippen LogP contribution < -0.4 is 5.73 Å². The van der Waals surface area contributed by atoms with Crippen LogP contribution in [0.4, 0.5) is 0 Å². The van der Waals surface area contributed by atoms with Crippen LogP contribution in [0.2, 0.25) is 0 Å². The molecule has 3 heteroatoms. The lowest BCUT2D eigenvalue weighted by molar-refractivity contribution is 0.297. The molecule has 0 amide bonds. The standard InChI is InChI=1S/C15H27N3/c1-4-18-12-13(11-17-18)10-15(16)7-5-6-14(2,3)8-9-15/h11-12H,4-10,16H2,1-3H3. The number of hydrogen-bond donors (Lipinski definition) is 1. The number of rotatable bonds is 3. The highest BCUT2D eigenvalue weighted by molar-refractivity contribution is 5.10. The predicted octanol–water partition coefficient (Wildman–Crippen LogP) is 3.13. The number of nitrogens with zero attached hydrogens (tertiary/aromatic N) is 2. The Hall–Kier alpha value is -0.830. The van der Waals surface area contributed by atoms with Gasteiger partial charge in [0.25, 0.3) is 0 Å². The lowest BCUT2D eigenvalue weighted by atomic mass is 9.82. The third-order valence-electron chi connectivity index (χ3n) is 4.39. The van der Waals surface area contributed by atoms with E-state index in [0.717, 1.165) is 25.8 Å². The van der Waals surface area contributed by atoms with Crippen molar-refractivity contribution in [3.63, 3.8) is 0 Å². The van der Waals surface area contributed by atoms with Gasteiger partial charge in [0.15, 0.2) is 0 Å². The molecule has 1 atom stereocenters. The zero-order valence-corrected chi connectivity index (χ0v) is 12.1. The second-order valence-electron chi connectivity index (χ2n) is 6.76. The Kier molecular flexibility index (Phi) is 3.81. The summed E-state index contributed by atoms with van der Waals surface area (Å²) in [6, 6.07) is 0. The van der Waals surface area contributed by atoms with Gasteiger partial charge in [0.2, 0.25) is 0 Å². The molecule has 0 bridgehead atoms. The van der Waals surface area contributed by atoms with Crippen LogP contribution in [-0.4, -0.2) is 15.3 Å². The molecule has 2 rings (SSSR count). The van der Waals surface area contributed by atoms with Gasteiger partial charge >= 0.3 is 0 Å². The first-order valence-corrected chi connectivity index (χ1v) is 7.23. The van der Waals surface area contributed by atoms with E-state index in [1.807, 2.05) is 10.9 Å². The van der Waals surface area contributed by atoms with Gasteiger partial charge in [-0.3, -0.25) is 4.68 Å². The lowest BCUT2D eigenvalue weighted by Crippen LogP contribution is -2.41. The Morgan fingerprint density at radius 1 is 1.28 bits per heavy atom. The largest absolute Gasteiger partial charge is 0.325 e. The van der Waals surface area contributed by atoms with Crippen LogP contribution >= 0.6 is 0 Å². The fourth-order valence-electron chi connectivity index (χ4n) is 3.01. The topological polar surface area (TPSA) is 43.8 Å². The van der Waals surface area contributed by atoms with Crippen molar-refractivity contribution in [2.75, 3.05) is 0 Å². The first kappa shape index (κ1) is 13.6. The number of aryl methyl sites for hydroxylation is 1. The van der Waals surface area contributed by atoms with Gasteiger partial charge in [-0.05, 0) is 50.0 Å². The quantitative estimate of drug-likeness (QED) is 0.836. The SMILES string of the molecule is CCn1cc(CC2(N)CCCC(C)(C)CC2)cn1. The van der Waals surface area contributed by atoms with Crippen molar-refractivity contribution in [2.45, 2.75) is 71.4 Å². The zero-order valence-electron chi connectivity index (χ0n) is 12.1. The summed E-state index contributed by atoms with van der Waals surface area (Å²) in [5.41, 5.74) is 8.37. The van der Waals surface area contributed by atoms with Crippen molar-refractivity contribution in [3.05, 3.63) is 18.0 Å². The first-order valence-electron chi connectivity index (χ1n) is 7.23. The molecule has 18 heavy (non-hydrogen) atoms. The van der Waals surface area contributed by atoms with E-state index in [2.05, 4.69) is 32.1 Å². The van der Waals surface area contributed by atoms with Crippen LogP contribution in [0.15, 0.2) is 12.4 Å². The van der Waals surface area contributed by atoms with E-state index in [1.54, 1.807) is 0 Å². The molecule has 0 radical (unpaired) electrons. The highest BCUT2D eigenvalue weighted by Gasteiger charge is 2.32. The second kappa shape index (κ2) is 5.04. The molecule has 1 aliphatic carbocycles. The van der Waals surface area contributed by atoms with Crippen LogP contribution in [0.1, 0.15) is 58.4 Å². The molecule has 3 nitrogen and oxygen atoms in total. The van der Waals surface area contributed by atoms with Crippen LogP contribution in [0.25, 0.3) is 0 Å². The summed E-state index contributed by atoms with van der Waals surface area (Å²) in [6.07, 6.45) is 11.2. The van der Waals surface area contributed by atoms with Crippen molar-refractivity contribution < 1.29 is 0 Å². The number of nitrogens with two attached hydrogens (primary N) is 1. The van der Waals surface area contributed by atoms with Crippen molar-refractivity contribution in [1.29, 1.82) is 0 Å². The van der Waals surface area contributed by atoms with E-state index in [0.29, 0.717) is 5.41 Å². The second-order valence-corrected chi connectivity index (χ2v) is 6.76. The summed E-state index contributed by atoms with van der Waals surface area (Å²) in [7, 11) is 0. The van der Waals surface area contributed by atoms with E-state index in [-0.39, 0.29) is 5.54 Å². The van der Waals surface area contributed by atoms with Gasteiger partial charge in [-0.25, -0.2) is 0 Å². The fraction of sp³-hybridized carbons (Fsp3) is 0.800. The highest BCUT2D eigenvalue weighted by atomic mass is 15.3. The molecule has 0 spiro atoms. The van der Waals surface area contributed by atoms with Crippen LogP contribution in [0.5, 0.6) is 0 Å². The van der Waals surface area contributed by atoms with Crippen molar-refractivity contribution in [3.8, 4) is 0 Å². The summed E-state index contributed by atoms with van der Waals surface area (Å²) in [5, 5.41) is 4.34. The minimum atomic E-state index is -0.0185. The smallest absolute Gasteiger partial charge is 0.0522 e. The highest BCUT2D eigenvalue weighted by Crippen LogP contribution is 2.38. The number of aromatic nitrogens is 2. The zero-order chi connectivity index (χ0) is 13.2. The summed E-state index contributed by atoms with van der Waals surface area (Å²) in [5.74, 6) is 0. The molecule has 2 N–H and O–H groups in total. The molecule has 1 aromatic heterocycles. The van der Waals surface area contributed by atoms with Gasteiger partial charge in [-0.1, -0.05) is 20.3 Å². The average Bonchev–Trinajstić information content (AvgIpc) is 2.68. The predicted molar refractivity (Wildman–Crippen MR) is 75.4 cm³/mol. The molecule has 1 aliphatic rings. The van der Waals surface area contributed by atoms with Crippen molar-refractivity contribution in [1.82, 2.24) is 9.78 Å². The molecular formula is C15H27N3. The lowest BCUT2D eigenvalue weighted by Gasteiger charge is -2.28. The Balaban J connectivity index is 2.02. The van der Waals surface area contributed by atoms with Gasteiger partial charge in [0, 0.05) is 18.3 Å². The Labute approximate surface area is 111 Å². The monoisotopic (exact) mass is 249 g/mol. The van der Waals surface area contributed by atoms with E-state index < -0.39 is 0 Å². The number of hydrogen-bond acceptors (Lipinski definition) is 2. The van der Waals surface area contributed by atoms with Crippen molar-refractivity contribution in [2.24, 2.45) is 11.1 Å². The molecule has 1 saturated carbocycles. The summed E-state index contributed by atoms with van der Waals surface area (Å²) < 4.78 is 1.99. The van der Waals surface area contributed by atoms with Gasteiger partial charge in [-0.2, -0.15) is 5.10 Å². The van der Waals surface area contributed by atoms with E-state index in [4.69, 9.17) is 5.73 Å². The molecule has 0 aliphatic heterocycles. The minimum Gasteiger partial charge on any atom is -0.325 e. The van der Waals surface area contributed by atoms with E-state index >= 15 is 0 Å². The van der Waals surface area contributed by atoms with E-state index in [9.17, 15) is 0 Å². The molecule has 102 valence electrons.